The lowest BCUT2D eigenvalue weighted by atomic mass is 10.1. The van der Waals surface area contributed by atoms with Crippen molar-refractivity contribution in [1.29, 1.82) is 0 Å². The predicted octanol–water partition coefficient (Wildman–Crippen LogP) is 1.03. The van der Waals surface area contributed by atoms with Gasteiger partial charge in [0.2, 0.25) is 0 Å². The Morgan fingerprint density at radius 2 is 1.93 bits per heavy atom. The van der Waals surface area contributed by atoms with E-state index >= 15 is 0 Å². The van der Waals surface area contributed by atoms with E-state index in [4.69, 9.17) is 9.84 Å². The molecule has 0 saturated carbocycles. The van der Waals surface area contributed by atoms with Crippen LogP contribution in [0.25, 0.3) is 0 Å². The Morgan fingerprint density at radius 3 is 2.27 bits per heavy atom. The molecule has 0 radical (unpaired) electrons. The first kappa shape index (κ1) is 14.4. The number of ether oxygens (including phenoxy) is 1. The molecule has 1 unspecified atom stereocenters. The summed E-state index contributed by atoms with van der Waals surface area (Å²) in [5, 5.41) is 8.99. The molecule has 0 aliphatic rings. The van der Waals surface area contributed by atoms with Crippen LogP contribution in [0.5, 0.6) is 0 Å². The standard InChI is InChI=1S/C11H23NO3/c1-5-10(6-2)12(7-8-13)9(3)11(14)15-4/h9-10,13H,5-8H2,1-4H3. The lowest BCUT2D eigenvalue weighted by Gasteiger charge is -2.33. The van der Waals surface area contributed by atoms with E-state index in [2.05, 4.69) is 13.8 Å². The highest BCUT2D eigenvalue weighted by atomic mass is 16.5. The van der Waals surface area contributed by atoms with Crippen molar-refractivity contribution in [1.82, 2.24) is 4.90 Å². The van der Waals surface area contributed by atoms with E-state index in [1.54, 1.807) is 0 Å². The van der Waals surface area contributed by atoms with E-state index < -0.39 is 0 Å². The summed E-state index contributed by atoms with van der Waals surface area (Å²) in [5.74, 6) is -0.240. The SMILES string of the molecule is CCC(CC)N(CCO)C(C)C(=O)OC. The van der Waals surface area contributed by atoms with Gasteiger partial charge in [-0.15, -0.1) is 0 Å². The minimum atomic E-state index is -0.285. The summed E-state index contributed by atoms with van der Waals surface area (Å²) in [4.78, 5) is 13.4. The zero-order valence-corrected chi connectivity index (χ0v) is 10.2. The Morgan fingerprint density at radius 1 is 1.40 bits per heavy atom. The van der Waals surface area contributed by atoms with Crippen LogP contribution in [-0.4, -0.2) is 48.3 Å². The molecular formula is C11H23NO3. The largest absolute Gasteiger partial charge is 0.468 e. The van der Waals surface area contributed by atoms with Crippen molar-refractivity contribution in [2.45, 2.75) is 45.7 Å². The molecule has 0 aromatic carbocycles. The zero-order valence-electron chi connectivity index (χ0n) is 10.2. The van der Waals surface area contributed by atoms with Crippen LogP contribution in [0, 0.1) is 0 Å². The summed E-state index contributed by atoms with van der Waals surface area (Å²) in [6.07, 6.45) is 1.94. The number of esters is 1. The Hall–Kier alpha value is -0.610. The molecule has 15 heavy (non-hydrogen) atoms. The lowest BCUT2D eigenvalue weighted by Crippen LogP contribution is -2.47. The van der Waals surface area contributed by atoms with Crippen LogP contribution in [0.15, 0.2) is 0 Å². The summed E-state index contributed by atoms with van der Waals surface area (Å²) in [7, 11) is 1.39. The molecule has 0 amide bonds. The number of methoxy groups -OCH3 is 1. The minimum absolute atomic E-state index is 0.0673. The quantitative estimate of drug-likeness (QED) is 0.647. The highest BCUT2D eigenvalue weighted by Crippen LogP contribution is 2.13. The number of carbonyl (C=O) groups excluding carboxylic acids is 1. The van der Waals surface area contributed by atoms with Gasteiger partial charge < -0.3 is 9.84 Å². The molecule has 1 atom stereocenters. The molecule has 0 aliphatic carbocycles. The second-order valence-electron chi connectivity index (χ2n) is 3.63. The third-order valence-electron chi connectivity index (χ3n) is 2.81. The van der Waals surface area contributed by atoms with Crippen LogP contribution in [0.3, 0.4) is 0 Å². The summed E-state index contributed by atoms with van der Waals surface area (Å²) < 4.78 is 4.72. The highest BCUT2D eigenvalue weighted by Gasteiger charge is 2.26. The molecular weight excluding hydrogens is 194 g/mol. The second-order valence-corrected chi connectivity index (χ2v) is 3.63. The van der Waals surface area contributed by atoms with Crippen molar-refractivity contribution >= 4 is 5.97 Å². The molecule has 1 N–H and O–H groups in total. The number of rotatable bonds is 7. The van der Waals surface area contributed by atoms with Crippen molar-refractivity contribution in [3.05, 3.63) is 0 Å². The van der Waals surface area contributed by atoms with Gasteiger partial charge in [0, 0.05) is 12.6 Å². The summed E-state index contributed by atoms with van der Waals surface area (Å²) in [5.41, 5.74) is 0. The summed E-state index contributed by atoms with van der Waals surface area (Å²) >= 11 is 0. The number of nitrogens with zero attached hydrogens (tertiary/aromatic N) is 1. The third kappa shape index (κ3) is 4.18. The molecule has 0 aromatic rings. The minimum Gasteiger partial charge on any atom is -0.468 e. The first-order valence-electron chi connectivity index (χ1n) is 5.56. The van der Waals surface area contributed by atoms with Crippen LogP contribution in [-0.2, 0) is 9.53 Å². The van der Waals surface area contributed by atoms with Crippen LogP contribution in [0.4, 0.5) is 0 Å². The van der Waals surface area contributed by atoms with Gasteiger partial charge in [0.25, 0.3) is 0 Å². The van der Waals surface area contributed by atoms with Crippen LogP contribution in [0.2, 0.25) is 0 Å². The van der Waals surface area contributed by atoms with Crippen molar-refractivity contribution < 1.29 is 14.6 Å². The zero-order chi connectivity index (χ0) is 11.8. The maximum absolute atomic E-state index is 11.4. The van der Waals surface area contributed by atoms with Gasteiger partial charge >= 0.3 is 5.97 Å². The number of aliphatic hydroxyl groups excluding tert-OH is 1. The molecule has 0 bridgehead atoms. The van der Waals surface area contributed by atoms with Gasteiger partial charge in [-0.05, 0) is 19.8 Å². The van der Waals surface area contributed by atoms with Gasteiger partial charge in [-0.2, -0.15) is 0 Å². The molecule has 0 aromatic heterocycles. The smallest absolute Gasteiger partial charge is 0.322 e. The number of aliphatic hydroxyl groups is 1. The average molecular weight is 217 g/mol. The van der Waals surface area contributed by atoms with Gasteiger partial charge in [0.15, 0.2) is 0 Å². The Balaban J connectivity index is 4.54. The van der Waals surface area contributed by atoms with Gasteiger partial charge in [-0.25, -0.2) is 0 Å². The molecule has 0 aliphatic heterocycles. The topological polar surface area (TPSA) is 49.8 Å². The van der Waals surface area contributed by atoms with Crippen molar-refractivity contribution in [2.24, 2.45) is 0 Å². The van der Waals surface area contributed by atoms with Crippen molar-refractivity contribution in [2.75, 3.05) is 20.3 Å². The van der Waals surface area contributed by atoms with Crippen LogP contribution >= 0.6 is 0 Å². The van der Waals surface area contributed by atoms with Crippen molar-refractivity contribution in [3.8, 4) is 0 Å². The predicted molar refractivity (Wildman–Crippen MR) is 59.6 cm³/mol. The molecule has 0 rings (SSSR count). The van der Waals surface area contributed by atoms with Gasteiger partial charge in [0.1, 0.15) is 6.04 Å². The third-order valence-corrected chi connectivity index (χ3v) is 2.81. The van der Waals surface area contributed by atoms with E-state index in [9.17, 15) is 4.79 Å². The van der Waals surface area contributed by atoms with Gasteiger partial charge in [-0.1, -0.05) is 13.8 Å². The second kappa shape index (κ2) is 7.65. The van der Waals surface area contributed by atoms with Gasteiger partial charge in [-0.3, -0.25) is 9.69 Å². The van der Waals surface area contributed by atoms with Crippen molar-refractivity contribution in [3.63, 3.8) is 0 Å². The maximum atomic E-state index is 11.4. The Bertz CT molecular complexity index is 181. The fraction of sp³-hybridized carbons (Fsp3) is 0.909. The fourth-order valence-corrected chi connectivity index (χ4v) is 1.87. The Labute approximate surface area is 92.2 Å². The first-order chi connectivity index (χ1) is 7.12. The normalized spacial score (nSPS) is 13.3. The number of hydrogen-bond acceptors (Lipinski definition) is 4. The van der Waals surface area contributed by atoms with E-state index in [-0.39, 0.29) is 18.6 Å². The fourth-order valence-electron chi connectivity index (χ4n) is 1.87. The molecule has 0 heterocycles. The molecule has 90 valence electrons. The van der Waals surface area contributed by atoms with E-state index in [0.29, 0.717) is 12.6 Å². The van der Waals surface area contributed by atoms with Crippen LogP contribution in [0.1, 0.15) is 33.6 Å². The molecule has 4 nitrogen and oxygen atoms in total. The number of carbonyl (C=O) groups is 1. The number of hydrogen-bond donors (Lipinski definition) is 1. The summed E-state index contributed by atoms with van der Waals surface area (Å²) in [6.45, 7) is 6.57. The maximum Gasteiger partial charge on any atom is 0.322 e. The lowest BCUT2D eigenvalue weighted by molar-refractivity contribution is -0.147. The van der Waals surface area contributed by atoms with E-state index in [0.717, 1.165) is 12.8 Å². The Kier molecular flexibility index (Phi) is 7.34. The van der Waals surface area contributed by atoms with Gasteiger partial charge in [0.05, 0.1) is 13.7 Å². The summed E-state index contributed by atoms with van der Waals surface area (Å²) in [6, 6.07) is 0.0401. The molecule has 0 saturated heterocycles. The van der Waals surface area contributed by atoms with Crippen LogP contribution < -0.4 is 0 Å². The molecule has 0 fully saturated rings. The molecule has 0 spiro atoms. The highest BCUT2D eigenvalue weighted by molar-refractivity contribution is 5.75. The van der Waals surface area contributed by atoms with E-state index in [1.165, 1.54) is 7.11 Å². The monoisotopic (exact) mass is 217 g/mol. The average Bonchev–Trinajstić information content (AvgIpc) is 2.27. The first-order valence-corrected chi connectivity index (χ1v) is 5.56. The van der Waals surface area contributed by atoms with E-state index in [1.807, 2.05) is 11.8 Å². The molecule has 4 heteroatoms.